The minimum atomic E-state index is -0.623. The minimum absolute atomic E-state index is 0. The Kier molecular flexibility index (Phi) is 14.2. The number of rotatable bonds is 2. The molecule has 0 fully saturated rings. The first-order valence-electron chi connectivity index (χ1n) is 17.1. The van der Waals surface area contributed by atoms with E-state index in [1.807, 2.05) is 36.4 Å². The van der Waals surface area contributed by atoms with Gasteiger partial charge in [-0.1, -0.05) is 62.9 Å². The van der Waals surface area contributed by atoms with Gasteiger partial charge in [-0.25, -0.2) is 24.6 Å². The van der Waals surface area contributed by atoms with Gasteiger partial charge in [0.25, 0.3) is 0 Å². The molecule has 0 atom stereocenters. The van der Waals surface area contributed by atoms with Crippen molar-refractivity contribution in [3.63, 3.8) is 0 Å². The average Bonchev–Trinajstić information content (AvgIpc) is 3.78. The van der Waals surface area contributed by atoms with E-state index in [-0.39, 0.29) is 35.6 Å². The molecule has 8 rings (SSSR count). The summed E-state index contributed by atoms with van der Waals surface area (Å²) in [6, 6.07) is 25.9. The minimum Gasteiger partial charge on any atom is -0.273 e. The summed E-state index contributed by atoms with van der Waals surface area (Å²) < 4.78 is 4.66. The van der Waals surface area contributed by atoms with E-state index in [0.29, 0.717) is 0 Å². The first kappa shape index (κ1) is 41.3. The third-order valence-electron chi connectivity index (χ3n) is 9.93. The van der Waals surface area contributed by atoms with Crippen LogP contribution in [-0.2, 0) is 39.5 Å². The van der Waals surface area contributed by atoms with Crippen LogP contribution in [0.2, 0.25) is 10.0 Å². The maximum absolute atomic E-state index is 5.84. The van der Waals surface area contributed by atoms with Crippen molar-refractivity contribution in [1.82, 2.24) is 0 Å². The van der Waals surface area contributed by atoms with Crippen LogP contribution in [0.5, 0.6) is 0 Å². The number of fused-ring (bicyclic) bond motifs is 5. The van der Waals surface area contributed by atoms with E-state index in [2.05, 4.69) is 128 Å². The zero-order valence-electron chi connectivity index (χ0n) is 30.2. The molecule has 0 aliphatic heterocycles. The summed E-state index contributed by atoms with van der Waals surface area (Å²) in [7, 11) is 0. The van der Waals surface area contributed by atoms with Crippen LogP contribution < -0.4 is 0 Å². The molecule has 0 aromatic heterocycles. The quantitative estimate of drug-likeness (QED) is 0.156. The molecule has 51 heavy (non-hydrogen) atoms. The van der Waals surface area contributed by atoms with Crippen LogP contribution in [0.1, 0.15) is 98.9 Å². The summed E-state index contributed by atoms with van der Waals surface area (Å²) in [6.45, 7) is 13.9. The number of halogens is 4. The summed E-state index contributed by atoms with van der Waals surface area (Å²) >= 11 is 11.0. The number of hydrogen-bond donors (Lipinski definition) is 0. The Morgan fingerprint density at radius 2 is 1.24 bits per heavy atom. The first-order valence-corrected chi connectivity index (χ1v) is 20.7. The standard InChI is InChI=1S/C27H29.2C7H5Cl.C5H5.2ClH.Zr/c1-16-7-9-26(3,4)24-12-18-11-19-13-25-21(17(2)8-10-27(25,5)6)15-23(19)22(18)14-20(16)24;2*1-6-2-4-7(8)5-3-6;1-2-4-5-3-1;;;/h7-9,12-15H,10-11H2,1-6H3;2*1-5H;1-3H,4H2;2*1H;/q-1;;;-1;;;. The molecule has 5 heteroatoms. The number of benzene rings is 4. The molecule has 0 radical (unpaired) electrons. The van der Waals surface area contributed by atoms with E-state index in [4.69, 9.17) is 23.2 Å². The van der Waals surface area contributed by atoms with Gasteiger partial charge in [-0.15, -0.1) is 43.7 Å². The summed E-state index contributed by atoms with van der Waals surface area (Å²) in [6.07, 6.45) is 19.3. The van der Waals surface area contributed by atoms with E-state index >= 15 is 0 Å². The second-order valence-electron chi connectivity index (χ2n) is 14.6. The summed E-state index contributed by atoms with van der Waals surface area (Å²) in [5.74, 6) is 0. The second-order valence-corrected chi connectivity index (χ2v) is 17.7. The van der Waals surface area contributed by atoms with Crippen molar-refractivity contribution >= 4 is 66.6 Å². The maximum Gasteiger partial charge on any atom is -0.109 e. The van der Waals surface area contributed by atoms with Gasteiger partial charge in [0.15, 0.2) is 0 Å². The van der Waals surface area contributed by atoms with Crippen molar-refractivity contribution in [3.8, 4) is 11.1 Å². The van der Waals surface area contributed by atoms with Crippen LogP contribution in [0.4, 0.5) is 0 Å². The van der Waals surface area contributed by atoms with Crippen molar-refractivity contribution in [2.75, 3.05) is 0 Å². The smallest absolute Gasteiger partial charge is 0.109 e. The molecule has 0 spiro atoms. The van der Waals surface area contributed by atoms with Crippen LogP contribution >= 0.6 is 48.0 Å². The normalized spacial score (nSPS) is 15.8. The van der Waals surface area contributed by atoms with E-state index in [9.17, 15) is 0 Å². The Bertz CT molecular complexity index is 1920. The molecule has 0 unspecified atom stereocenters. The van der Waals surface area contributed by atoms with Gasteiger partial charge < -0.3 is 0 Å². The molecule has 4 aromatic rings. The molecule has 264 valence electrons. The Labute approximate surface area is 339 Å². The number of hydrogen-bond acceptors (Lipinski definition) is 0. The summed E-state index contributed by atoms with van der Waals surface area (Å²) in [5, 5.41) is 1.57. The van der Waals surface area contributed by atoms with Crippen LogP contribution in [0.25, 0.3) is 22.3 Å². The van der Waals surface area contributed by atoms with Crippen LogP contribution in [0, 0.1) is 12.5 Å². The molecule has 4 aliphatic rings. The monoisotopic (exact) mass is 828 g/mol. The fourth-order valence-electron chi connectivity index (χ4n) is 6.87. The van der Waals surface area contributed by atoms with Crippen molar-refractivity contribution in [3.05, 3.63) is 170 Å². The SMILES string of the molecule is CC1=C[CH-]C(C)(C)c2cc3c(cc21)-c1cc2c(cc1C3)C(C)(C)CC=C2C.Cl.Cl.Clc1ccc([CH]=[Zr]=[CH]c2ccc(Cl)cc2)cc1.[C-]1=CC=CC1. The van der Waals surface area contributed by atoms with Gasteiger partial charge in [0, 0.05) is 0 Å². The van der Waals surface area contributed by atoms with Crippen molar-refractivity contribution in [2.45, 2.75) is 71.6 Å². The molecule has 0 saturated heterocycles. The van der Waals surface area contributed by atoms with Gasteiger partial charge in [0.1, 0.15) is 0 Å². The Morgan fingerprint density at radius 1 is 0.706 bits per heavy atom. The van der Waals surface area contributed by atoms with Gasteiger partial charge in [-0.2, -0.15) is 11.6 Å². The first-order chi connectivity index (χ1) is 23.4. The summed E-state index contributed by atoms with van der Waals surface area (Å²) in [5.41, 5.74) is 17.5. The zero-order valence-corrected chi connectivity index (χ0v) is 35.8. The molecule has 0 bridgehead atoms. The molecule has 0 N–H and O–H groups in total. The third kappa shape index (κ3) is 9.73. The Hall–Kier alpha value is -2.51. The van der Waals surface area contributed by atoms with Crippen LogP contribution in [0.3, 0.4) is 0 Å². The van der Waals surface area contributed by atoms with Crippen LogP contribution in [0.15, 0.2) is 103 Å². The maximum atomic E-state index is 5.84. The van der Waals surface area contributed by atoms with E-state index in [1.165, 1.54) is 66.8 Å². The van der Waals surface area contributed by atoms with Crippen LogP contribution in [-0.4, -0.2) is 7.42 Å². The third-order valence-corrected chi connectivity index (χ3v) is 12.9. The van der Waals surface area contributed by atoms with Gasteiger partial charge in [0.05, 0.1) is 0 Å². The van der Waals surface area contributed by atoms with Gasteiger partial charge in [0.2, 0.25) is 0 Å². The molecule has 4 aromatic carbocycles. The van der Waals surface area contributed by atoms with E-state index in [1.54, 1.807) is 0 Å². The average molecular weight is 832 g/mol. The molecule has 0 saturated carbocycles. The molecule has 4 aliphatic carbocycles. The molecular formula is C46H46Cl4Zr-2. The Morgan fingerprint density at radius 3 is 1.73 bits per heavy atom. The zero-order chi connectivity index (χ0) is 34.8. The van der Waals surface area contributed by atoms with Gasteiger partial charge >= 0.3 is 123 Å². The van der Waals surface area contributed by atoms with Crippen molar-refractivity contribution in [1.29, 1.82) is 0 Å². The predicted molar refractivity (Wildman–Crippen MR) is 226 cm³/mol. The fraction of sp³-hybridized carbons (Fsp3) is 0.239. The van der Waals surface area contributed by atoms with E-state index in [0.717, 1.165) is 29.3 Å². The topological polar surface area (TPSA) is 0 Å². The largest absolute Gasteiger partial charge is 0.273 e. The molecule has 0 heterocycles. The molecular weight excluding hydrogens is 786 g/mol. The van der Waals surface area contributed by atoms with Crippen molar-refractivity contribution < 1.29 is 22.3 Å². The second kappa shape index (κ2) is 17.5. The number of allylic oxidation sites excluding steroid dienone is 8. The molecule has 0 amide bonds. The van der Waals surface area contributed by atoms with E-state index < -0.39 is 22.3 Å². The summed E-state index contributed by atoms with van der Waals surface area (Å²) in [4.78, 5) is 0. The van der Waals surface area contributed by atoms with Gasteiger partial charge in [-0.3, -0.25) is 6.08 Å². The fourth-order valence-corrected chi connectivity index (χ4v) is 9.22. The van der Waals surface area contributed by atoms with Crippen molar-refractivity contribution in [2.24, 2.45) is 0 Å². The molecule has 0 nitrogen and oxygen atoms in total. The predicted octanol–water partition coefficient (Wildman–Crippen LogP) is 13.5. The van der Waals surface area contributed by atoms with Gasteiger partial charge in [-0.05, 0) is 70.2 Å². The Balaban J connectivity index is 0.000000208.